The van der Waals surface area contributed by atoms with Gasteiger partial charge in [0.25, 0.3) is 5.91 Å². The summed E-state index contributed by atoms with van der Waals surface area (Å²) in [4.78, 5) is 34.8. The number of ether oxygens (including phenoxy) is 3. The van der Waals surface area contributed by atoms with E-state index in [9.17, 15) is 23.2 Å². The number of carbonyl (C=O) groups is 3. The molecule has 1 aromatic rings. The Kier molecular flexibility index (Phi) is 7.57. The molecule has 8 nitrogen and oxygen atoms in total. The standard InChI is InChI=1S/C15H18F2N2O6/c1-4-23-11-7-9(5-6-10(11)25-14(16)17)13(21)24-8(2)12(20)19-15(22)18-3/h5-8,14H,4H2,1-3H3,(H2,18,19,20,22)/t8-/m1/s1. The topological polar surface area (TPSA) is 103 Å². The molecule has 0 spiro atoms. The maximum absolute atomic E-state index is 12.3. The van der Waals surface area contributed by atoms with E-state index in [1.54, 1.807) is 6.92 Å². The summed E-state index contributed by atoms with van der Waals surface area (Å²) in [7, 11) is 1.32. The van der Waals surface area contributed by atoms with Crippen LogP contribution in [0.3, 0.4) is 0 Å². The number of esters is 1. The molecule has 1 aromatic carbocycles. The first-order valence-electron chi connectivity index (χ1n) is 7.23. The molecular formula is C15H18F2N2O6. The van der Waals surface area contributed by atoms with Crippen molar-refractivity contribution in [2.45, 2.75) is 26.6 Å². The maximum Gasteiger partial charge on any atom is 0.387 e. The minimum absolute atomic E-state index is 0.0374. The molecule has 0 aliphatic heterocycles. The minimum atomic E-state index is -3.05. The highest BCUT2D eigenvalue weighted by molar-refractivity contribution is 5.98. The number of hydrogen-bond acceptors (Lipinski definition) is 6. The normalized spacial score (nSPS) is 11.4. The predicted molar refractivity (Wildman–Crippen MR) is 81.7 cm³/mol. The molecule has 0 fully saturated rings. The van der Waals surface area contributed by atoms with Gasteiger partial charge in [-0.25, -0.2) is 9.59 Å². The lowest BCUT2D eigenvalue weighted by Crippen LogP contribution is -2.43. The van der Waals surface area contributed by atoms with Crippen molar-refractivity contribution in [3.8, 4) is 11.5 Å². The molecule has 0 bridgehead atoms. The van der Waals surface area contributed by atoms with Gasteiger partial charge in [0.15, 0.2) is 17.6 Å². The fraction of sp³-hybridized carbons (Fsp3) is 0.400. The number of carbonyl (C=O) groups excluding carboxylic acids is 3. The van der Waals surface area contributed by atoms with Gasteiger partial charge in [-0.05, 0) is 32.0 Å². The fourth-order valence-corrected chi connectivity index (χ4v) is 1.65. The van der Waals surface area contributed by atoms with Gasteiger partial charge < -0.3 is 19.5 Å². The van der Waals surface area contributed by atoms with E-state index in [4.69, 9.17) is 9.47 Å². The average molecular weight is 360 g/mol. The van der Waals surface area contributed by atoms with Crippen molar-refractivity contribution in [3.05, 3.63) is 23.8 Å². The Morgan fingerprint density at radius 2 is 1.88 bits per heavy atom. The third-order valence-electron chi connectivity index (χ3n) is 2.81. The van der Waals surface area contributed by atoms with Crippen molar-refractivity contribution in [1.29, 1.82) is 0 Å². The van der Waals surface area contributed by atoms with E-state index in [0.29, 0.717) is 0 Å². The van der Waals surface area contributed by atoms with Crippen molar-refractivity contribution in [3.63, 3.8) is 0 Å². The monoisotopic (exact) mass is 360 g/mol. The second-order valence-corrected chi connectivity index (χ2v) is 4.59. The van der Waals surface area contributed by atoms with Crippen molar-refractivity contribution >= 4 is 17.9 Å². The molecule has 1 atom stereocenters. The molecule has 1 rings (SSSR count). The predicted octanol–water partition coefficient (Wildman–Crippen LogP) is 1.69. The number of rotatable bonds is 7. The molecule has 0 aliphatic carbocycles. The zero-order valence-electron chi connectivity index (χ0n) is 13.8. The lowest BCUT2D eigenvalue weighted by atomic mass is 10.2. The summed E-state index contributed by atoms with van der Waals surface area (Å²) in [5, 5.41) is 4.13. The summed E-state index contributed by atoms with van der Waals surface area (Å²) in [6.45, 7) is 0.00432. The first kappa shape index (κ1) is 20.1. The summed E-state index contributed by atoms with van der Waals surface area (Å²) < 4.78 is 39.1. The van der Waals surface area contributed by atoms with Crippen LogP contribution in [-0.2, 0) is 9.53 Å². The molecule has 3 amide bonds. The number of alkyl halides is 2. The van der Waals surface area contributed by atoms with Gasteiger partial charge in [-0.15, -0.1) is 0 Å². The first-order chi connectivity index (χ1) is 11.8. The smallest absolute Gasteiger partial charge is 0.387 e. The lowest BCUT2D eigenvalue weighted by molar-refractivity contribution is -0.127. The number of hydrogen-bond donors (Lipinski definition) is 2. The van der Waals surface area contributed by atoms with Crippen LogP contribution in [0.25, 0.3) is 0 Å². The fourth-order valence-electron chi connectivity index (χ4n) is 1.65. The lowest BCUT2D eigenvalue weighted by Gasteiger charge is -2.15. The van der Waals surface area contributed by atoms with Gasteiger partial charge in [-0.2, -0.15) is 8.78 Å². The van der Waals surface area contributed by atoms with Crippen LogP contribution in [0.2, 0.25) is 0 Å². The van der Waals surface area contributed by atoms with Crippen molar-refractivity contribution in [2.75, 3.05) is 13.7 Å². The molecule has 0 saturated carbocycles. The molecule has 2 N–H and O–H groups in total. The molecular weight excluding hydrogens is 342 g/mol. The molecule has 138 valence electrons. The van der Waals surface area contributed by atoms with Crippen LogP contribution in [0.4, 0.5) is 13.6 Å². The van der Waals surface area contributed by atoms with Crippen LogP contribution in [0.5, 0.6) is 11.5 Å². The second kappa shape index (κ2) is 9.40. The highest BCUT2D eigenvalue weighted by atomic mass is 19.3. The number of amides is 3. The van der Waals surface area contributed by atoms with Crippen molar-refractivity contribution in [1.82, 2.24) is 10.6 Å². The van der Waals surface area contributed by atoms with Crippen LogP contribution >= 0.6 is 0 Å². The number of nitrogens with one attached hydrogen (secondary N) is 2. The Balaban J connectivity index is 2.85. The zero-order valence-corrected chi connectivity index (χ0v) is 13.8. The van der Waals surface area contributed by atoms with Gasteiger partial charge in [-0.1, -0.05) is 0 Å². The van der Waals surface area contributed by atoms with Crippen molar-refractivity contribution in [2.24, 2.45) is 0 Å². The van der Waals surface area contributed by atoms with Gasteiger partial charge in [-0.3, -0.25) is 10.1 Å². The van der Waals surface area contributed by atoms with E-state index in [1.165, 1.54) is 20.0 Å². The zero-order chi connectivity index (χ0) is 19.0. The highest BCUT2D eigenvalue weighted by Crippen LogP contribution is 2.30. The Morgan fingerprint density at radius 3 is 2.44 bits per heavy atom. The molecule has 0 heterocycles. The Morgan fingerprint density at radius 1 is 1.20 bits per heavy atom. The first-order valence-corrected chi connectivity index (χ1v) is 7.23. The Hall–Kier alpha value is -2.91. The van der Waals surface area contributed by atoms with Gasteiger partial charge >= 0.3 is 18.6 Å². The van der Waals surface area contributed by atoms with E-state index < -0.39 is 30.6 Å². The highest BCUT2D eigenvalue weighted by Gasteiger charge is 2.22. The van der Waals surface area contributed by atoms with Gasteiger partial charge in [0.2, 0.25) is 0 Å². The van der Waals surface area contributed by atoms with E-state index in [0.717, 1.165) is 12.1 Å². The molecule has 0 aliphatic rings. The van der Waals surface area contributed by atoms with E-state index in [1.807, 2.05) is 5.32 Å². The van der Waals surface area contributed by atoms with Crippen LogP contribution in [0.15, 0.2) is 18.2 Å². The summed E-state index contributed by atoms with van der Waals surface area (Å²) in [6, 6.07) is 2.72. The number of halogens is 2. The molecule has 0 saturated heterocycles. The Bertz CT molecular complexity index is 638. The summed E-state index contributed by atoms with van der Waals surface area (Å²) in [5.41, 5.74) is -0.0374. The third-order valence-corrected chi connectivity index (χ3v) is 2.81. The van der Waals surface area contributed by atoms with Gasteiger partial charge in [0.05, 0.1) is 12.2 Å². The molecule has 10 heteroatoms. The van der Waals surface area contributed by atoms with Crippen LogP contribution < -0.4 is 20.1 Å². The summed E-state index contributed by atoms with van der Waals surface area (Å²) in [6.07, 6.45) is -1.25. The van der Waals surface area contributed by atoms with Crippen LogP contribution in [0, 0.1) is 0 Å². The van der Waals surface area contributed by atoms with Gasteiger partial charge in [0, 0.05) is 7.05 Å². The number of urea groups is 1. The Labute approximate surface area is 142 Å². The van der Waals surface area contributed by atoms with Crippen LogP contribution in [0.1, 0.15) is 24.2 Å². The molecule has 25 heavy (non-hydrogen) atoms. The van der Waals surface area contributed by atoms with Crippen LogP contribution in [-0.4, -0.2) is 44.3 Å². The third kappa shape index (κ3) is 6.24. The minimum Gasteiger partial charge on any atom is -0.490 e. The largest absolute Gasteiger partial charge is 0.490 e. The molecule has 0 radical (unpaired) electrons. The van der Waals surface area contributed by atoms with E-state index in [2.05, 4.69) is 10.1 Å². The van der Waals surface area contributed by atoms with E-state index in [-0.39, 0.29) is 23.7 Å². The average Bonchev–Trinajstić information content (AvgIpc) is 2.55. The van der Waals surface area contributed by atoms with Crippen molar-refractivity contribution < 1.29 is 37.4 Å². The SMILES string of the molecule is CCOc1cc(C(=O)O[C@H](C)C(=O)NC(=O)NC)ccc1OC(F)F. The summed E-state index contributed by atoms with van der Waals surface area (Å²) >= 11 is 0. The second-order valence-electron chi connectivity index (χ2n) is 4.59. The van der Waals surface area contributed by atoms with E-state index >= 15 is 0 Å². The maximum atomic E-state index is 12.3. The molecule has 0 unspecified atom stereocenters. The molecule has 0 aromatic heterocycles. The number of imide groups is 1. The summed E-state index contributed by atoms with van der Waals surface area (Å²) in [5.74, 6) is -2.03. The quantitative estimate of drug-likeness (QED) is 0.718. The number of benzene rings is 1. The van der Waals surface area contributed by atoms with Gasteiger partial charge in [0.1, 0.15) is 0 Å².